The van der Waals surface area contributed by atoms with Crippen molar-refractivity contribution in [3.63, 3.8) is 0 Å². The van der Waals surface area contributed by atoms with E-state index >= 15 is 0 Å². The van der Waals surface area contributed by atoms with Gasteiger partial charge in [0.15, 0.2) is 0 Å². The second-order valence-corrected chi connectivity index (χ2v) is 19.5. The average molecular weight is 915 g/mol. The quantitative estimate of drug-likeness (QED) is 0.157. The van der Waals surface area contributed by atoms with Crippen molar-refractivity contribution in [2.75, 3.05) is 0 Å². The number of para-hydroxylation sites is 4. The summed E-state index contributed by atoms with van der Waals surface area (Å²) in [4.78, 5) is 0. The molecule has 0 radical (unpaired) electrons. The Morgan fingerprint density at radius 2 is 0.625 bits per heavy atom. The van der Waals surface area contributed by atoms with Gasteiger partial charge in [-0.1, -0.05) is 206 Å². The maximum absolute atomic E-state index is 2.63. The minimum absolute atomic E-state index is 1.18. The maximum atomic E-state index is 2.63. The molecule has 72 heavy (non-hydrogen) atoms. The van der Waals surface area contributed by atoms with Crippen LogP contribution in [0.4, 0.5) is 0 Å². The topological polar surface area (TPSA) is 9.86 Å². The van der Waals surface area contributed by atoms with Crippen LogP contribution in [-0.2, 0) is 0 Å². The molecule has 2 nitrogen and oxygen atoms in total. The molecule has 0 amide bonds. The highest BCUT2D eigenvalue weighted by Crippen LogP contribution is 2.64. The van der Waals surface area contributed by atoms with Gasteiger partial charge in [0, 0.05) is 49.4 Å². The van der Waals surface area contributed by atoms with Crippen molar-refractivity contribution in [3.8, 4) is 22.3 Å². The van der Waals surface area contributed by atoms with Gasteiger partial charge in [0.05, 0.1) is 33.5 Å². The highest BCUT2D eigenvalue weighted by Gasteiger charge is 2.45. The fourth-order valence-electron chi connectivity index (χ4n) is 12.8. The number of aromatic nitrogens is 2. The Bertz CT molecular complexity index is 4450. The van der Waals surface area contributed by atoms with E-state index in [2.05, 4.69) is 266 Å². The molecule has 0 saturated heterocycles. The monoisotopic (exact) mass is 914 g/mol. The van der Waals surface area contributed by atoms with Crippen molar-refractivity contribution in [1.29, 1.82) is 0 Å². The Morgan fingerprint density at radius 1 is 0.236 bits per heavy atom. The minimum atomic E-state index is 1.18. The number of hydrogen-bond donors (Lipinski definition) is 0. The van der Waals surface area contributed by atoms with Gasteiger partial charge in [-0.3, -0.25) is 0 Å². The Morgan fingerprint density at radius 3 is 1.15 bits per heavy atom. The number of allylic oxidation sites excluding steroid dienone is 5. The molecule has 0 unspecified atom stereocenters. The fraction of sp³-hybridized carbons (Fsp3) is 0.0286. The van der Waals surface area contributed by atoms with Gasteiger partial charge in [-0.25, -0.2) is 0 Å². The van der Waals surface area contributed by atoms with Crippen LogP contribution in [0, 0.1) is 13.8 Å². The first-order valence-corrected chi connectivity index (χ1v) is 25.1. The standard InChI is InChI=1S/C70H46N2/c1-43-61(47-23-5-3-6-24-47)62(51-39-37-45-21-9-11-27-49(45)41-51)44(2)64-63(43)67-68(69(64)71-57-33-17-13-29-53(57)54-30-14-18-34-58(54)71)65(48-25-7-4-8-26-48)66(52-40-38-46-22-10-12-28-50(46)42-52)70(67)72-59-35-19-15-31-55(59)56-32-16-20-36-60(56)72/h3-42H,1-2H3. The largest absolute Gasteiger partial charge is 0.308 e. The predicted molar refractivity (Wildman–Crippen MR) is 306 cm³/mol. The molecule has 11 aromatic carbocycles. The smallest absolute Gasteiger partial charge is 0.0632 e. The molecule has 0 saturated carbocycles. The van der Waals surface area contributed by atoms with Crippen LogP contribution in [0.1, 0.15) is 33.4 Å². The zero-order valence-electron chi connectivity index (χ0n) is 40.0. The van der Waals surface area contributed by atoms with Crippen LogP contribution in [0.15, 0.2) is 248 Å². The first-order chi connectivity index (χ1) is 35.6. The molecule has 2 aliphatic rings. The molecule has 0 atom stereocenters. The van der Waals surface area contributed by atoms with E-state index < -0.39 is 0 Å². The van der Waals surface area contributed by atoms with E-state index in [1.165, 1.54) is 154 Å². The van der Waals surface area contributed by atoms with Gasteiger partial charge in [-0.15, -0.1) is 0 Å². The molecule has 2 heterocycles. The van der Waals surface area contributed by atoms with Crippen LogP contribution in [0.2, 0.25) is 0 Å². The summed E-state index contributed by atoms with van der Waals surface area (Å²) in [6, 6.07) is 90.2. The van der Waals surface area contributed by atoms with Crippen molar-refractivity contribution < 1.29 is 0 Å². The van der Waals surface area contributed by atoms with E-state index in [0.29, 0.717) is 0 Å². The molecule has 15 rings (SSSR count). The van der Waals surface area contributed by atoms with Crippen LogP contribution < -0.4 is 0 Å². The van der Waals surface area contributed by atoms with E-state index in [1.807, 2.05) is 0 Å². The minimum Gasteiger partial charge on any atom is -0.308 e. The second-order valence-electron chi connectivity index (χ2n) is 19.5. The molecule has 336 valence electrons. The lowest BCUT2D eigenvalue weighted by Crippen LogP contribution is -2.07. The predicted octanol–water partition coefficient (Wildman–Crippen LogP) is 18.4. The molecular weight excluding hydrogens is 869 g/mol. The second kappa shape index (κ2) is 15.6. The van der Waals surface area contributed by atoms with Crippen LogP contribution in [0.5, 0.6) is 0 Å². The molecule has 0 aliphatic heterocycles. The average Bonchev–Trinajstić information content (AvgIpc) is 4.17. The van der Waals surface area contributed by atoms with Gasteiger partial charge >= 0.3 is 0 Å². The summed E-state index contributed by atoms with van der Waals surface area (Å²) in [5.41, 5.74) is 24.5. The van der Waals surface area contributed by atoms with Crippen molar-refractivity contribution in [1.82, 2.24) is 9.13 Å². The molecule has 0 bridgehead atoms. The van der Waals surface area contributed by atoms with Gasteiger partial charge < -0.3 is 9.13 Å². The third-order valence-electron chi connectivity index (χ3n) is 15.8. The normalized spacial score (nSPS) is 13.5. The van der Waals surface area contributed by atoms with Crippen molar-refractivity contribution in [3.05, 3.63) is 282 Å². The zero-order valence-corrected chi connectivity index (χ0v) is 40.0. The third-order valence-corrected chi connectivity index (χ3v) is 15.8. The lowest BCUT2D eigenvalue weighted by atomic mass is 9.80. The Kier molecular flexibility index (Phi) is 8.82. The van der Waals surface area contributed by atoms with Crippen LogP contribution in [0.3, 0.4) is 0 Å². The Balaban J connectivity index is 1.22. The van der Waals surface area contributed by atoms with Gasteiger partial charge in [-0.05, 0) is 122 Å². The van der Waals surface area contributed by atoms with Crippen LogP contribution in [0.25, 0.3) is 116 Å². The third kappa shape index (κ3) is 5.72. The van der Waals surface area contributed by atoms with E-state index in [-0.39, 0.29) is 0 Å². The lowest BCUT2D eigenvalue weighted by molar-refractivity contribution is 1.20. The highest BCUT2D eigenvalue weighted by atomic mass is 15.0. The number of benzene rings is 11. The molecule has 0 spiro atoms. The van der Waals surface area contributed by atoms with Crippen molar-refractivity contribution in [2.24, 2.45) is 0 Å². The van der Waals surface area contributed by atoms with E-state index in [0.717, 1.165) is 0 Å². The SMILES string of the molecule is Cc1c2c(c(C)c(-c3ccc4ccccc4c3)c1-c1ccccc1)C(n1c3ccccc3c3ccccc31)=C1C(c3ccccc3)=C(c3ccc4ccccc4c3)C(n3c4ccccc4c4ccccc43)=C12. The van der Waals surface area contributed by atoms with Gasteiger partial charge in [0.1, 0.15) is 0 Å². The Labute approximate surface area is 418 Å². The summed E-state index contributed by atoms with van der Waals surface area (Å²) < 4.78 is 5.24. The van der Waals surface area contributed by atoms with E-state index in [4.69, 9.17) is 0 Å². The number of rotatable bonds is 6. The molecule has 2 aromatic heterocycles. The summed E-state index contributed by atoms with van der Waals surface area (Å²) >= 11 is 0. The summed E-state index contributed by atoms with van der Waals surface area (Å²) in [5.74, 6) is 0. The van der Waals surface area contributed by atoms with Crippen LogP contribution >= 0.6 is 0 Å². The van der Waals surface area contributed by atoms with Crippen LogP contribution in [-0.4, -0.2) is 9.13 Å². The summed E-state index contributed by atoms with van der Waals surface area (Å²) in [7, 11) is 0. The number of hydrogen-bond acceptors (Lipinski definition) is 0. The molecule has 13 aromatic rings. The fourth-order valence-corrected chi connectivity index (χ4v) is 12.8. The molecule has 2 heteroatoms. The lowest BCUT2D eigenvalue weighted by Gasteiger charge is -2.25. The summed E-state index contributed by atoms with van der Waals surface area (Å²) in [6.45, 7) is 4.81. The summed E-state index contributed by atoms with van der Waals surface area (Å²) in [6.07, 6.45) is 0. The molecular formula is C70H46N2. The number of fused-ring (bicyclic) bond motifs is 11. The van der Waals surface area contributed by atoms with E-state index in [9.17, 15) is 0 Å². The maximum Gasteiger partial charge on any atom is 0.0632 e. The number of nitrogens with zero attached hydrogens (tertiary/aromatic N) is 2. The summed E-state index contributed by atoms with van der Waals surface area (Å²) in [5, 5.41) is 9.87. The van der Waals surface area contributed by atoms with Gasteiger partial charge in [0.2, 0.25) is 0 Å². The first kappa shape index (κ1) is 40.6. The van der Waals surface area contributed by atoms with E-state index in [1.54, 1.807) is 0 Å². The van der Waals surface area contributed by atoms with Crippen molar-refractivity contribution in [2.45, 2.75) is 13.8 Å². The first-order valence-electron chi connectivity index (χ1n) is 25.1. The van der Waals surface area contributed by atoms with Crippen molar-refractivity contribution >= 4 is 93.3 Å². The highest BCUT2D eigenvalue weighted by molar-refractivity contribution is 6.38. The molecule has 0 N–H and O–H groups in total. The van der Waals surface area contributed by atoms with Gasteiger partial charge in [-0.2, -0.15) is 0 Å². The Hall–Kier alpha value is -9.24. The molecule has 0 fully saturated rings. The van der Waals surface area contributed by atoms with Gasteiger partial charge in [0.25, 0.3) is 0 Å². The zero-order chi connectivity index (χ0) is 47.6. The molecule has 2 aliphatic carbocycles.